The van der Waals surface area contributed by atoms with Crippen LogP contribution in [-0.4, -0.2) is 9.13 Å². The quantitative estimate of drug-likeness (QED) is 0.167. The van der Waals surface area contributed by atoms with E-state index in [9.17, 15) is 0 Å². The molecule has 0 saturated carbocycles. The molecule has 0 aliphatic rings. The topological polar surface area (TPSA) is 9.86 Å². The van der Waals surface area contributed by atoms with Gasteiger partial charge in [-0.3, -0.25) is 0 Å². The van der Waals surface area contributed by atoms with Crippen molar-refractivity contribution in [1.29, 1.82) is 0 Å². The lowest BCUT2D eigenvalue weighted by atomic mass is 10.2. The number of benzene rings is 8. The van der Waals surface area contributed by atoms with Crippen LogP contribution in [0, 0.1) is 0 Å². The second-order valence-corrected chi connectivity index (χ2v) is 16.1. The third kappa shape index (κ3) is 4.52. The smallest absolute Gasteiger partial charge is 0.0541 e. The van der Waals surface area contributed by atoms with E-state index in [1.807, 2.05) is 0 Å². The highest BCUT2D eigenvalue weighted by Gasteiger charge is 2.34. The van der Waals surface area contributed by atoms with Crippen LogP contribution in [0.4, 0.5) is 0 Å². The number of rotatable bonds is 6. The number of nitrogens with zero attached hydrogens (tertiary/aromatic N) is 2. The summed E-state index contributed by atoms with van der Waals surface area (Å²) < 4.78 is 4.87. The molecule has 0 saturated heterocycles. The Hall–Kier alpha value is -6.29. The average molecular weight is 671 g/mol. The van der Waals surface area contributed by atoms with Gasteiger partial charge >= 0.3 is 0 Å². The summed E-state index contributed by atoms with van der Waals surface area (Å²) in [6, 6.07) is 75.9. The number of para-hydroxylation sites is 4. The first-order chi connectivity index (χ1) is 25.3. The molecule has 0 N–H and O–H groups in total. The van der Waals surface area contributed by atoms with Gasteiger partial charge in [0.2, 0.25) is 0 Å². The van der Waals surface area contributed by atoms with Crippen molar-refractivity contribution in [3.63, 3.8) is 0 Å². The maximum Gasteiger partial charge on any atom is 0.0541 e. The summed E-state index contributed by atoms with van der Waals surface area (Å²) in [6.07, 6.45) is 0. The van der Waals surface area contributed by atoms with Crippen molar-refractivity contribution in [2.24, 2.45) is 0 Å². The minimum absolute atomic E-state index is 1.16. The predicted octanol–water partition coefficient (Wildman–Crippen LogP) is 13.2. The van der Waals surface area contributed by atoms with Crippen LogP contribution in [0.15, 0.2) is 226 Å². The summed E-state index contributed by atoms with van der Waals surface area (Å²) in [5, 5.41) is 5.06. The Morgan fingerprint density at radius 2 is 0.549 bits per heavy atom. The Labute approximate surface area is 298 Å². The molecule has 3 heteroatoms. The summed E-state index contributed by atoms with van der Waals surface area (Å²) in [4.78, 5) is 5.18. The SMILES string of the molecule is c1ccc(S(c2ccccc2)(c2cccc(-n3c4ccccc4c4ccccc43)c2)c2cccc(-n3c4ccccc4c4ccccc43)c2)cc1. The molecule has 0 spiro atoms. The van der Waals surface area contributed by atoms with E-state index >= 15 is 0 Å². The first-order valence-electron chi connectivity index (χ1n) is 17.4. The van der Waals surface area contributed by atoms with Crippen LogP contribution in [0.5, 0.6) is 0 Å². The van der Waals surface area contributed by atoms with Gasteiger partial charge in [0.1, 0.15) is 0 Å². The lowest BCUT2D eigenvalue weighted by molar-refractivity contribution is 1.14. The van der Waals surface area contributed by atoms with Crippen LogP contribution in [0.3, 0.4) is 0 Å². The van der Waals surface area contributed by atoms with Gasteiger partial charge in [-0.2, -0.15) is 0 Å². The molecule has 51 heavy (non-hydrogen) atoms. The van der Waals surface area contributed by atoms with Crippen molar-refractivity contribution in [2.45, 2.75) is 19.6 Å². The van der Waals surface area contributed by atoms with Crippen molar-refractivity contribution in [3.8, 4) is 11.4 Å². The van der Waals surface area contributed by atoms with Crippen LogP contribution in [-0.2, 0) is 0 Å². The highest BCUT2D eigenvalue weighted by Crippen LogP contribution is 2.73. The molecule has 0 aliphatic heterocycles. The fourth-order valence-corrected chi connectivity index (χ4v) is 12.0. The minimum Gasteiger partial charge on any atom is -0.309 e. The van der Waals surface area contributed by atoms with Crippen LogP contribution in [0.2, 0.25) is 0 Å². The maximum absolute atomic E-state index is 2.45. The summed E-state index contributed by atoms with van der Waals surface area (Å²) in [6.45, 7) is 0. The zero-order valence-electron chi connectivity index (χ0n) is 27.9. The van der Waals surface area contributed by atoms with E-state index in [2.05, 4.69) is 215 Å². The van der Waals surface area contributed by atoms with E-state index < -0.39 is 10.0 Å². The molecule has 0 amide bonds. The molecule has 2 aromatic heterocycles. The van der Waals surface area contributed by atoms with Gasteiger partial charge < -0.3 is 9.13 Å². The first kappa shape index (κ1) is 29.6. The van der Waals surface area contributed by atoms with Crippen molar-refractivity contribution in [2.75, 3.05) is 0 Å². The molecule has 242 valence electrons. The number of aromatic nitrogens is 2. The zero-order chi connectivity index (χ0) is 33.8. The van der Waals surface area contributed by atoms with Gasteiger partial charge in [-0.25, -0.2) is 0 Å². The first-order valence-corrected chi connectivity index (χ1v) is 19.1. The largest absolute Gasteiger partial charge is 0.309 e. The van der Waals surface area contributed by atoms with Gasteiger partial charge in [-0.05, 0) is 84.9 Å². The summed E-state index contributed by atoms with van der Waals surface area (Å²) in [5.41, 5.74) is 7.17. The maximum atomic E-state index is 2.45. The van der Waals surface area contributed by atoms with Crippen molar-refractivity contribution >= 4 is 53.6 Å². The third-order valence-corrected chi connectivity index (χ3v) is 14.1. The highest BCUT2D eigenvalue weighted by molar-refractivity contribution is 8.34. The van der Waals surface area contributed by atoms with E-state index in [0.29, 0.717) is 0 Å². The fourth-order valence-electron chi connectivity index (χ4n) is 8.09. The lowest BCUT2D eigenvalue weighted by Gasteiger charge is -2.42. The molecule has 8 aromatic carbocycles. The Kier molecular flexibility index (Phi) is 6.93. The van der Waals surface area contributed by atoms with E-state index in [1.54, 1.807) is 0 Å². The number of hydrogen-bond acceptors (Lipinski definition) is 0. The molecule has 0 fully saturated rings. The number of fused-ring (bicyclic) bond motifs is 6. The molecule has 10 aromatic rings. The minimum atomic E-state index is -1.98. The van der Waals surface area contributed by atoms with Crippen LogP contribution in [0.25, 0.3) is 55.0 Å². The van der Waals surface area contributed by atoms with Crippen LogP contribution >= 0.6 is 10.0 Å². The van der Waals surface area contributed by atoms with Crippen LogP contribution < -0.4 is 0 Å². The van der Waals surface area contributed by atoms with E-state index in [-0.39, 0.29) is 0 Å². The molecule has 2 heterocycles. The monoisotopic (exact) mass is 670 g/mol. The highest BCUT2D eigenvalue weighted by atomic mass is 32.3. The lowest BCUT2D eigenvalue weighted by Crippen LogP contribution is -2.07. The Balaban J connectivity index is 1.29. The molecule has 0 radical (unpaired) electrons. The van der Waals surface area contributed by atoms with E-state index in [1.165, 1.54) is 63.2 Å². The van der Waals surface area contributed by atoms with E-state index in [4.69, 9.17) is 0 Å². The van der Waals surface area contributed by atoms with Gasteiger partial charge in [-0.1, -0.05) is 121 Å². The van der Waals surface area contributed by atoms with Gasteiger partial charge in [0.15, 0.2) is 0 Å². The summed E-state index contributed by atoms with van der Waals surface area (Å²) >= 11 is 0. The molecule has 0 aliphatic carbocycles. The molecule has 0 unspecified atom stereocenters. The van der Waals surface area contributed by atoms with Crippen molar-refractivity contribution in [3.05, 3.63) is 206 Å². The second kappa shape index (κ2) is 11.9. The predicted molar refractivity (Wildman–Crippen MR) is 215 cm³/mol. The Morgan fingerprint density at radius 3 is 0.902 bits per heavy atom. The number of hydrogen-bond donors (Lipinski definition) is 0. The van der Waals surface area contributed by atoms with Gasteiger partial charge in [0.25, 0.3) is 0 Å². The average Bonchev–Trinajstić information content (AvgIpc) is 3.73. The zero-order valence-corrected chi connectivity index (χ0v) is 28.7. The van der Waals surface area contributed by atoms with Crippen LogP contribution in [0.1, 0.15) is 0 Å². The summed E-state index contributed by atoms with van der Waals surface area (Å²) in [5.74, 6) is 0. The third-order valence-electron chi connectivity index (χ3n) is 10.2. The molecule has 2 nitrogen and oxygen atoms in total. The molecular formula is C48H34N2S. The summed E-state index contributed by atoms with van der Waals surface area (Å²) in [7, 11) is -1.98. The van der Waals surface area contributed by atoms with Gasteiger partial charge in [-0.15, -0.1) is 10.0 Å². The van der Waals surface area contributed by atoms with Crippen molar-refractivity contribution in [1.82, 2.24) is 9.13 Å². The van der Waals surface area contributed by atoms with Crippen molar-refractivity contribution < 1.29 is 0 Å². The van der Waals surface area contributed by atoms with Gasteiger partial charge in [0.05, 0.1) is 22.1 Å². The fraction of sp³-hybridized carbons (Fsp3) is 0. The van der Waals surface area contributed by atoms with E-state index in [0.717, 1.165) is 11.4 Å². The standard InChI is InChI=1S/C48H34N2S/c1-3-19-37(20-4-1)51(38-21-5-2-6-22-38,39-23-15-17-35(33-39)49-45-29-11-7-25-41(45)42-26-8-12-30-46(42)49)40-24-16-18-36(34-40)50-47-31-13-9-27-43(47)44-28-10-14-32-48(44)50/h1-34H. The van der Waals surface area contributed by atoms with Gasteiger partial charge in [0, 0.05) is 52.5 Å². The Bertz CT molecular complexity index is 2560. The molecule has 0 atom stereocenters. The Morgan fingerprint density at radius 1 is 0.255 bits per heavy atom. The second-order valence-electron chi connectivity index (χ2n) is 13.0. The molecule has 10 rings (SSSR count). The molecule has 0 bridgehead atoms. The molecular weight excluding hydrogens is 637 g/mol. The normalized spacial score (nSPS) is 12.2.